The Kier molecular flexibility index (Phi) is 3.34. The molecule has 0 amide bonds. The number of hydrogen-bond acceptors (Lipinski definition) is 3. The molecule has 0 spiro atoms. The van der Waals surface area contributed by atoms with E-state index in [1.54, 1.807) is 12.1 Å². The normalized spacial score (nSPS) is 17.7. The summed E-state index contributed by atoms with van der Waals surface area (Å²) >= 11 is 6.01. The second kappa shape index (κ2) is 4.73. The summed E-state index contributed by atoms with van der Waals surface area (Å²) < 4.78 is 11.0. The van der Waals surface area contributed by atoms with Crippen LogP contribution in [0.2, 0.25) is 5.02 Å². The number of anilines is 1. The van der Waals surface area contributed by atoms with Crippen molar-refractivity contribution < 1.29 is 9.47 Å². The van der Waals surface area contributed by atoms with Crippen molar-refractivity contribution >= 4 is 17.3 Å². The molecule has 0 radical (unpaired) electrons. The van der Waals surface area contributed by atoms with Crippen LogP contribution in [0.4, 0.5) is 5.69 Å². The molecule has 0 unspecified atom stereocenters. The molecule has 1 heterocycles. The third-order valence-corrected chi connectivity index (χ3v) is 2.71. The number of nitrogens with two attached hydrogens (primary N) is 1. The summed E-state index contributed by atoms with van der Waals surface area (Å²) in [7, 11) is 0. The number of rotatable bonds is 2. The SMILES string of the molecule is Nc1ccc(OC2CCOCC2)c(Cl)c1. The lowest BCUT2D eigenvalue weighted by molar-refractivity contribution is 0.0256. The van der Waals surface area contributed by atoms with Gasteiger partial charge in [-0.3, -0.25) is 0 Å². The van der Waals surface area contributed by atoms with Crippen molar-refractivity contribution in [3.05, 3.63) is 23.2 Å². The van der Waals surface area contributed by atoms with Gasteiger partial charge in [-0.25, -0.2) is 0 Å². The number of halogens is 1. The first-order valence-electron chi connectivity index (χ1n) is 5.05. The van der Waals surface area contributed by atoms with Gasteiger partial charge < -0.3 is 15.2 Å². The fraction of sp³-hybridized carbons (Fsp3) is 0.455. The van der Waals surface area contributed by atoms with E-state index in [1.807, 2.05) is 6.07 Å². The van der Waals surface area contributed by atoms with E-state index in [1.165, 1.54) is 0 Å². The first kappa shape index (κ1) is 10.6. The van der Waals surface area contributed by atoms with Gasteiger partial charge in [0.2, 0.25) is 0 Å². The minimum Gasteiger partial charge on any atom is -0.489 e. The van der Waals surface area contributed by atoms with Crippen molar-refractivity contribution in [2.75, 3.05) is 18.9 Å². The number of hydrogen-bond donors (Lipinski definition) is 1. The van der Waals surface area contributed by atoms with Crippen LogP contribution in [-0.2, 0) is 4.74 Å². The fourth-order valence-electron chi connectivity index (χ4n) is 1.59. The highest BCUT2D eigenvalue weighted by molar-refractivity contribution is 6.32. The average molecular weight is 228 g/mol. The predicted molar refractivity (Wildman–Crippen MR) is 60.3 cm³/mol. The second-order valence-electron chi connectivity index (χ2n) is 3.62. The van der Waals surface area contributed by atoms with Gasteiger partial charge in [-0.2, -0.15) is 0 Å². The Labute approximate surface area is 94.1 Å². The van der Waals surface area contributed by atoms with E-state index in [9.17, 15) is 0 Å². The van der Waals surface area contributed by atoms with Crippen LogP contribution in [0, 0.1) is 0 Å². The maximum atomic E-state index is 6.01. The van der Waals surface area contributed by atoms with Crippen molar-refractivity contribution in [3.63, 3.8) is 0 Å². The van der Waals surface area contributed by atoms with Crippen molar-refractivity contribution in [2.24, 2.45) is 0 Å². The third-order valence-electron chi connectivity index (χ3n) is 2.42. The molecule has 82 valence electrons. The Bertz CT molecular complexity index is 337. The van der Waals surface area contributed by atoms with Crippen LogP contribution in [0.3, 0.4) is 0 Å². The second-order valence-corrected chi connectivity index (χ2v) is 4.03. The summed E-state index contributed by atoms with van der Waals surface area (Å²) in [4.78, 5) is 0. The zero-order valence-electron chi connectivity index (χ0n) is 8.41. The summed E-state index contributed by atoms with van der Waals surface area (Å²) in [6, 6.07) is 5.31. The summed E-state index contributed by atoms with van der Waals surface area (Å²) in [6.07, 6.45) is 2.04. The zero-order valence-corrected chi connectivity index (χ0v) is 9.17. The van der Waals surface area contributed by atoms with Crippen LogP contribution in [0.1, 0.15) is 12.8 Å². The van der Waals surface area contributed by atoms with E-state index < -0.39 is 0 Å². The Morgan fingerprint density at radius 3 is 2.73 bits per heavy atom. The third kappa shape index (κ3) is 2.76. The minimum absolute atomic E-state index is 0.208. The minimum atomic E-state index is 0.208. The molecular weight excluding hydrogens is 214 g/mol. The van der Waals surface area contributed by atoms with Crippen molar-refractivity contribution in [1.29, 1.82) is 0 Å². The van der Waals surface area contributed by atoms with Gasteiger partial charge in [0.25, 0.3) is 0 Å². The molecule has 0 atom stereocenters. The smallest absolute Gasteiger partial charge is 0.138 e. The van der Waals surface area contributed by atoms with Crippen molar-refractivity contribution in [2.45, 2.75) is 18.9 Å². The van der Waals surface area contributed by atoms with E-state index in [0.717, 1.165) is 26.1 Å². The molecule has 1 aliphatic rings. The van der Waals surface area contributed by atoms with Gasteiger partial charge in [0, 0.05) is 18.5 Å². The van der Waals surface area contributed by atoms with E-state index in [4.69, 9.17) is 26.8 Å². The molecular formula is C11H14ClNO2. The van der Waals surface area contributed by atoms with Gasteiger partial charge in [-0.1, -0.05) is 11.6 Å². The number of nitrogen functional groups attached to an aromatic ring is 1. The van der Waals surface area contributed by atoms with Gasteiger partial charge in [-0.05, 0) is 18.2 Å². The van der Waals surface area contributed by atoms with Crippen molar-refractivity contribution in [1.82, 2.24) is 0 Å². The van der Waals surface area contributed by atoms with E-state index in [0.29, 0.717) is 16.5 Å². The van der Waals surface area contributed by atoms with Gasteiger partial charge in [-0.15, -0.1) is 0 Å². The van der Waals surface area contributed by atoms with E-state index >= 15 is 0 Å². The Balaban J connectivity index is 2.03. The zero-order chi connectivity index (χ0) is 10.7. The Hall–Kier alpha value is -0.930. The molecule has 1 fully saturated rings. The Morgan fingerprint density at radius 1 is 1.33 bits per heavy atom. The highest BCUT2D eigenvalue weighted by atomic mass is 35.5. The first-order valence-corrected chi connectivity index (χ1v) is 5.43. The standard InChI is InChI=1S/C11H14ClNO2/c12-10-7-8(13)1-2-11(10)15-9-3-5-14-6-4-9/h1-2,7,9H,3-6,13H2. The maximum Gasteiger partial charge on any atom is 0.138 e. The van der Waals surface area contributed by atoms with Crippen LogP contribution in [0.25, 0.3) is 0 Å². The molecule has 0 bridgehead atoms. The van der Waals surface area contributed by atoms with Crippen LogP contribution in [0.5, 0.6) is 5.75 Å². The molecule has 1 aliphatic heterocycles. The number of ether oxygens (including phenoxy) is 2. The van der Waals surface area contributed by atoms with Crippen LogP contribution < -0.4 is 10.5 Å². The molecule has 0 aliphatic carbocycles. The molecule has 2 N–H and O–H groups in total. The largest absolute Gasteiger partial charge is 0.489 e. The molecule has 0 aromatic heterocycles. The van der Waals surface area contributed by atoms with Crippen LogP contribution in [0.15, 0.2) is 18.2 Å². The molecule has 1 aromatic carbocycles. The van der Waals surface area contributed by atoms with Crippen LogP contribution >= 0.6 is 11.6 Å². The molecule has 3 nitrogen and oxygen atoms in total. The highest BCUT2D eigenvalue weighted by Crippen LogP contribution is 2.28. The lowest BCUT2D eigenvalue weighted by Gasteiger charge is -2.23. The van der Waals surface area contributed by atoms with Gasteiger partial charge in [0.05, 0.1) is 18.2 Å². The summed E-state index contributed by atoms with van der Waals surface area (Å²) in [6.45, 7) is 1.52. The highest BCUT2D eigenvalue weighted by Gasteiger charge is 2.16. The summed E-state index contributed by atoms with van der Waals surface area (Å²) in [5, 5.41) is 0.571. The molecule has 1 aromatic rings. The van der Waals surface area contributed by atoms with Gasteiger partial charge >= 0.3 is 0 Å². The molecule has 15 heavy (non-hydrogen) atoms. The predicted octanol–water partition coefficient (Wildman–Crippen LogP) is 2.48. The molecule has 1 saturated heterocycles. The van der Waals surface area contributed by atoms with Crippen LogP contribution in [-0.4, -0.2) is 19.3 Å². The van der Waals surface area contributed by atoms with Gasteiger partial charge in [0.1, 0.15) is 11.9 Å². The molecule has 4 heteroatoms. The summed E-state index contributed by atoms with van der Waals surface area (Å²) in [5.41, 5.74) is 6.25. The lowest BCUT2D eigenvalue weighted by Crippen LogP contribution is -2.25. The number of benzene rings is 1. The average Bonchev–Trinajstić information content (AvgIpc) is 2.24. The lowest BCUT2D eigenvalue weighted by atomic mass is 10.1. The molecule has 2 rings (SSSR count). The maximum absolute atomic E-state index is 6.01. The van der Waals surface area contributed by atoms with E-state index in [-0.39, 0.29) is 6.10 Å². The quantitative estimate of drug-likeness (QED) is 0.790. The monoisotopic (exact) mass is 227 g/mol. The van der Waals surface area contributed by atoms with Gasteiger partial charge in [0.15, 0.2) is 0 Å². The molecule has 0 saturated carbocycles. The van der Waals surface area contributed by atoms with E-state index in [2.05, 4.69) is 0 Å². The first-order chi connectivity index (χ1) is 7.25. The topological polar surface area (TPSA) is 44.5 Å². The van der Waals surface area contributed by atoms with Crippen molar-refractivity contribution in [3.8, 4) is 5.75 Å². The summed E-state index contributed by atoms with van der Waals surface area (Å²) in [5.74, 6) is 0.706. The fourth-order valence-corrected chi connectivity index (χ4v) is 1.82. The Morgan fingerprint density at radius 2 is 2.07 bits per heavy atom.